The van der Waals surface area contributed by atoms with Crippen molar-refractivity contribution in [1.82, 2.24) is 14.8 Å². The molecule has 1 unspecified atom stereocenters. The number of ether oxygens (including phenoxy) is 1. The normalized spacial score (nSPS) is 22.3. The predicted octanol–water partition coefficient (Wildman–Crippen LogP) is 7.97. The van der Waals surface area contributed by atoms with E-state index >= 15 is 4.39 Å². The number of hydrogen-bond acceptors (Lipinski definition) is 6. The van der Waals surface area contributed by atoms with Gasteiger partial charge < -0.3 is 19.2 Å². The van der Waals surface area contributed by atoms with Gasteiger partial charge in [-0.05, 0) is 94.0 Å². The van der Waals surface area contributed by atoms with Crippen LogP contribution in [-0.2, 0) is 27.0 Å². The van der Waals surface area contributed by atoms with Crippen molar-refractivity contribution in [2.75, 3.05) is 33.8 Å². The Kier molecular flexibility index (Phi) is 8.37. The van der Waals surface area contributed by atoms with Gasteiger partial charge in [-0.25, -0.2) is 4.39 Å². The fourth-order valence-electron chi connectivity index (χ4n) is 5.45. The van der Waals surface area contributed by atoms with Gasteiger partial charge in [-0.2, -0.15) is 0 Å². The molecular formula is C36H46Cl2FN3O4Si. The van der Waals surface area contributed by atoms with E-state index in [1.807, 2.05) is 33.9 Å². The minimum atomic E-state index is -2.84. The number of hydrogen-bond donors (Lipinski definition) is 1. The van der Waals surface area contributed by atoms with Gasteiger partial charge in [-0.15, -0.1) is 0 Å². The summed E-state index contributed by atoms with van der Waals surface area (Å²) in [6.07, 6.45) is 1.55. The molecule has 1 saturated carbocycles. The lowest BCUT2D eigenvalue weighted by Crippen LogP contribution is -2.48. The highest BCUT2D eigenvalue weighted by Crippen LogP contribution is 2.53. The summed E-state index contributed by atoms with van der Waals surface area (Å²) >= 11 is 12.4. The SMILES string of the molecule is [2H]C([2H])(O[C@]1(c2ccc(Cl)cc2)c2c(F)cc(C(C)(O)CN(C)C)cc2C(=O)N1Cc1ccc(Cl)cn1)C1(C([2H])([2H])O[Si](C)(C)C(C)(C)C)CC1. The Labute approximate surface area is 294 Å². The van der Waals surface area contributed by atoms with Gasteiger partial charge in [0, 0.05) is 35.3 Å². The first-order valence-electron chi connectivity index (χ1n) is 17.6. The van der Waals surface area contributed by atoms with E-state index in [2.05, 4.69) is 4.98 Å². The van der Waals surface area contributed by atoms with Crippen LogP contribution in [0.5, 0.6) is 0 Å². The van der Waals surface area contributed by atoms with Crippen LogP contribution < -0.4 is 0 Å². The summed E-state index contributed by atoms with van der Waals surface area (Å²) in [4.78, 5) is 22.0. The standard InChI is InChI=1S/C36H46Cl2FN3O4Si/c1-33(2,3)47(7,8)46-23-35(15-16-35)22-45-36(24-9-11-26(37)12-10-24)31-29(17-25(18-30(31)39)34(4,44)21-41(5)6)32(43)42(36)20-28-14-13-27(38)19-40-28/h9-14,17-19,44H,15-16,20-23H2,1-8H3/t34?,36-/m1/s1/i22D2,23D2. The molecule has 1 aliphatic carbocycles. The summed E-state index contributed by atoms with van der Waals surface area (Å²) in [5.74, 6) is -1.63. The molecule has 2 aliphatic rings. The van der Waals surface area contributed by atoms with Crippen molar-refractivity contribution < 1.29 is 28.9 Å². The topological polar surface area (TPSA) is 75.1 Å². The van der Waals surface area contributed by atoms with Gasteiger partial charge in [-0.3, -0.25) is 14.7 Å². The second kappa shape index (κ2) is 12.8. The van der Waals surface area contributed by atoms with Gasteiger partial charge in [0.1, 0.15) is 5.82 Å². The highest BCUT2D eigenvalue weighted by atomic mass is 35.5. The molecule has 2 aromatic carbocycles. The number of carbonyl (C=O) groups is 1. The number of benzene rings is 2. The molecule has 0 saturated heterocycles. The number of fused-ring (bicyclic) bond motifs is 1. The zero-order chi connectivity index (χ0) is 38.2. The molecule has 254 valence electrons. The van der Waals surface area contributed by atoms with Crippen LogP contribution in [0.15, 0.2) is 54.7 Å². The van der Waals surface area contributed by atoms with Crippen molar-refractivity contribution in [1.29, 1.82) is 0 Å². The Morgan fingerprint density at radius 1 is 1.06 bits per heavy atom. The predicted molar refractivity (Wildman–Crippen MR) is 187 cm³/mol. The molecule has 0 spiro atoms. The molecule has 2 atom stereocenters. The Hall–Kier alpha value is -2.37. The molecule has 5 rings (SSSR count). The van der Waals surface area contributed by atoms with Gasteiger partial charge in [-0.1, -0.05) is 56.1 Å². The largest absolute Gasteiger partial charge is 0.416 e. The number of pyridine rings is 1. The van der Waals surface area contributed by atoms with E-state index in [1.54, 1.807) is 31.1 Å². The Morgan fingerprint density at radius 2 is 1.70 bits per heavy atom. The highest BCUT2D eigenvalue weighted by molar-refractivity contribution is 6.74. The Morgan fingerprint density at radius 3 is 2.26 bits per heavy atom. The highest BCUT2D eigenvalue weighted by Gasteiger charge is 2.57. The van der Waals surface area contributed by atoms with Crippen LogP contribution in [0.25, 0.3) is 0 Å². The zero-order valence-corrected chi connectivity index (χ0v) is 30.7. The quantitative estimate of drug-likeness (QED) is 0.193. The van der Waals surface area contributed by atoms with E-state index in [0.29, 0.717) is 15.7 Å². The third kappa shape index (κ3) is 7.18. The summed E-state index contributed by atoms with van der Waals surface area (Å²) in [5, 5.41) is 11.7. The van der Waals surface area contributed by atoms with E-state index in [1.165, 1.54) is 48.4 Å². The second-order valence-electron chi connectivity index (χ2n) is 14.7. The monoisotopic (exact) mass is 705 g/mol. The maximum absolute atomic E-state index is 17.0. The summed E-state index contributed by atoms with van der Waals surface area (Å²) in [6, 6.07) is 11.8. The smallest absolute Gasteiger partial charge is 0.257 e. The van der Waals surface area contributed by atoms with Crippen molar-refractivity contribution in [3.05, 3.63) is 98.5 Å². The molecule has 1 aromatic heterocycles. The molecule has 0 radical (unpaired) electrons. The Bertz CT molecular complexity index is 1800. The van der Waals surface area contributed by atoms with E-state index in [0.717, 1.165) is 6.07 Å². The molecule has 3 aromatic rings. The van der Waals surface area contributed by atoms with Gasteiger partial charge in [0.25, 0.3) is 5.91 Å². The van der Waals surface area contributed by atoms with E-state index < -0.39 is 49.9 Å². The number of aliphatic hydroxyl groups is 1. The number of aromatic nitrogens is 1. The second-order valence-corrected chi connectivity index (χ2v) is 20.3. The molecule has 11 heteroatoms. The molecule has 2 heterocycles. The van der Waals surface area contributed by atoms with Gasteiger partial charge in [0.05, 0.1) is 46.0 Å². The van der Waals surface area contributed by atoms with E-state index in [-0.39, 0.29) is 53.2 Å². The average molecular weight is 707 g/mol. The van der Waals surface area contributed by atoms with Crippen LogP contribution >= 0.6 is 23.2 Å². The summed E-state index contributed by atoms with van der Waals surface area (Å²) < 4.78 is 67.5. The van der Waals surface area contributed by atoms with E-state index in [4.69, 9.17) is 32.4 Å². The summed E-state index contributed by atoms with van der Waals surface area (Å²) in [5.41, 5.74) is -5.44. The maximum Gasteiger partial charge on any atom is 0.257 e. The fourth-order valence-corrected chi connectivity index (χ4v) is 6.44. The maximum atomic E-state index is 17.0. The molecule has 7 nitrogen and oxygen atoms in total. The van der Waals surface area contributed by atoms with Gasteiger partial charge in [0.2, 0.25) is 0 Å². The van der Waals surface area contributed by atoms with Gasteiger partial charge >= 0.3 is 0 Å². The van der Waals surface area contributed by atoms with Crippen LogP contribution in [-0.4, -0.2) is 67.9 Å². The summed E-state index contributed by atoms with van der Waals surface area (Å²) in [6.45, 7) is 5.69. The first-order chi connectivity index (χ1) is 23.3. The van der Waals surface area contributed by atoms with Crippen LogP contribution in [0.1, 0.15) is 78.8 Å². The van der Waals surface area contributed by atoms with Crippen molar-refractivity contribution in [2.45, 2.75) is 76.5 Å². The third-order valence-corrected chi connectivity index (χ3v) is 14.0. The van der Waals surface area contributed by atoms with Crippen LogP contribution in [0, 0.1) is 11.2 Å². The minimum absolute atomic E-state index is 0.0761. The number of rotatable bonds is 12. The van der Waals surface area contributed by atoms with Crippen molar-refractivity contribution in [3.63, 3.8) is 0 Å². The lowest BCUT2D eigenvalue weighted by molar-refractivity contribution is -0.130. The molecule has 1 fully saturated rings. The van der Waals surface area contributed by atoms with Crippen LogP contribution in [0.4, 0.5) is 4.39 Å². The molecule has 1 aliphatic heterocycles. The lowest BCUT2D eigenvalue weighted by Gasteiger charge is -2.41. The molecule has 1 N–H and O–H groups in total. The number of halogens is 3. The number of likely N-dealkylation sites (N-methyl/N-ethyl adjacent to an activating group) is 1. The molecule has 1 amide bonds. The zero-order valence-electron chi connectivity index (χ0n) is 32.2. The van der Waals surface area contributed by atoms with Gasteiger partial charge in [0.15, 0.2) is 14.0 Å². The first kappa shape index (κ1) is 30.7. The molecule has 0 bridgehead atoms. The summed E-state index contributed by atoms with van der Waals surface area (Å²) in [7, 11) is 0.726. The van der Waals surface area contributed by atoms with E-state index in [9.17, 15) is 15.4 Å². The van der Waals surface area contributed by atoms with Crippen molar-refractivity contribution in [3.8, 4) is 0 Å². The third-order valence-electron chi connectivity index (χ3n) is 9.33. The minimum Gasteiger partial charge on any atom is -0.416 e. The lowest BCUT2D eigenvalue weighted by atomic mass is 9.87. The van der Waals surface area contributed by atoms with Crippen molar-refractivity contribution >= 4 is 37.4 Å². The number of nitrogens with zero attached hydrogens (tertiary/aromatic N) is 3. The average Bonchev–Trinajstić information content (AvgIpc) is 3.79. The van der Waals surface area contributed by atoms with Crippen molar-refractivity contribution in [2.24, 2.45) is 5.41 Å². The fraction of sp³-hybridized carbons (Fsp3) is 0.500. The number of carbonyl (C=O) groups excluding carboxylic acids is 1. The van der Waals surface area contributed by atoms with Crippen LogP contribution in [0.2, 0.25) is 28.2 Å². The Balaban J connectivity index is 1.77. The number of amides is 1. The van der Waals surface area contributed by atoms with Crippen LogP contribution in [0.3, 0.4) is 0 Å². The molecular weight excluding hydrogens is 656 g/mol. The molecule has 47 heavy (non-hydrogen) atoms. The first-order valence-corrected chi connectivity index (χ1v) is 19.3.